The molecule has 1 aromatic heterocycles. The van der Waals surface area contributed by atoms with Crippen LogP contribution in [0.2, 0.25) is 0 Å². The van der Waals surface area contributed by atoms with Crippen molar-refractivity contribution >= 4 is 0 Å². The first-order chi connectivity index (χ1) is 6.60. The minimum Gasteiger partial charge on any atom is -0.495 e. The molecule has 0 unspecified atom stereocenters. The van der Waals surface area contributed by atoms with Gasteiger partial charge in [0.05, 0.1) is 12.8 Å². The average molecular weight is 198 g/mol. The minimum atomic E-state index is -2.66. The third-order valence-corrected chi connectivity index (χ3v) is 1.74. The fourth-order valence-electron chi connectivity index (χ4n) is 1.08. The molecule has 0 bridgehead atoms. The highest BCUT2D eigenvalue weighted by molar-refractivity contribution is 5.46. The maximum Gasteiger partial charge on any atom is 0.280 e. The van der Waals surface area contributed by atoms with Crippen LogP contribution in [-0.2, 0) is 0 Å². The van der Waals surface area contributed by atoms with Gasteiger partial charge < -0.3 is 4.74 Å². The molecule has 5 heteroatoms. The summed E-state index contributed by atoms with van der Waals surface area (Å²) in [5.74, 6) is 0.135. The van der Waals surface area contributed by atoms with Crippen LogP contribution in [0, 0.1) is 18.3 Å². The lowest BCUT2D eigenvalue weighted by molar-refractivity contribution is 0.145. The molecule has 0 aromatic carbocycles. The van der Waals surface area contributed by atoms with E-state index in [1.165, 1.54) is 14.0 Å². The molecular formula is C9H8F2N2O. The summed E-state index contributed by atoms with van der Waals surface area (Å²) in [5, 5.41) is 8.70. The minimum absolute atomic E-state index is 0.135. The number of alkyl halides is 2. The highest BCUT2D eigenvalue weighted by atomic mass is 19.3. The molecule has 0 spiro atoms. The molecule has 0 aliphatic rings. The highest BCUT2D eigenvalue weighted by Gasteiger charge is 2.15. The van der Waals surface area contributed by atoms with Gasteiger partial charge in [0.25, 0.3) is 6.43 Å². The van der Waals surface area contributed by atoms with E-state index in [9.17, 15) is 8.78 Å². The summed E-state index contributed by atoms with van der Waals surface area (Å²) in [6.45, 7) is 1.49. The summed E-state index contributed by atoms with van der Waals surface area (Å²) in [4.78, 5) is 3.60. The zero-order valence-corrected chi connectivity index (χ0v) is 7.71. The summed E-state index contributed by atoms with van der Waals surface area (Å²) >= 11 is 0. The summed E-state index contributed by atoms with van der Waals surface area (Å²) in [6, 6.07) is 2.93. The lowest BCUT2D eigenvalue weighted by Crippen LogP contribution is -1.99. The Hall–Kier alpha value is -1.70. The topological polar surface area (TPSA) is 45.9 Å². The van der Waals surface area contributed by atoms with Gasteiger partial charge in [-0.2, -0.15) is 5.26 Å². The van der Waals surface area contributed by atoms with Crippen LogP contribution in [0.1, 0.15) is 23.4 Å². The Morgan fingerprint density at radius 2 is 2.21 bits per heavy atom. The van der Waals surface area contributed by atoms with E-state index in [1.54, 1.807) is 0 Å². The molecule has 1 heterocycles. The Morgan fingerprint density at radius 1 is 1.57 bits per heavy atom. The first-order valence-corrected chi connectivity index (χ1v) is 3.84. The Kier molecular flexibility index (Phi) is 2.97. The monoisotopic (exact) mass is 198 g/mol. The SMILES string of the molecule is COc1cc(C(F)F)nc(C)c1C#N. The molecule has 0 fully saturated rings. The standard InChI is InChI=1S/C9H8F2N2O/c1-5-6(4-12)8(14-2)3-7(13-5)9(10)11/h3,9H,1-2H3. The third kappa shape index (κ3) is 1.79. The van der Waals surface area contributed by atoms with Gasteiger partial charge in [-0.15, -0.1) is 0 Å². The van der Waals surface area contributed by atoms with Crippen molar-refractivity contribution in [3.63, 3.8) is 0 Å². The Balaban J connectivity index is 3.33. The zero-order chi connectivity index (χ0) is 10.7. The molecular weight excluding hydrogens is 190 g/mol. The van der Waals surface area contributed by atoms with Crippen LogP contribution in [0.25, 0.3) is 0 Å². The third-order valence-electron chi connectivity index (χ3n) is 1.74. The number of aromatic nitrogens is 1. The number of hydrogen-bond acceptors (Lipinski definition) is 3. The molecule has 0 radical (unpaired) electrons. The maximum absolute atomic E-state index is 12.3. The van der Waals surface area contributed by atoms with Crippen molar-refractivity contribution in [2.24, 2.45) is 0 Å². The molecule has 0 saturated heterocycles. The normalized spacial score (nSPS) is 10.0. The Bertz CT molecular complexity index is 385. The first kappa shape index (κ1) is 10.4. The van der Waals surface area contributed by atoms with Crippen LogP contribution < -0.4 is 4.74 Å². The fourth-order valence-corrected chi connectivity index (χ4v) is 1.08. The number of aryl methyl sites for hydroxylation is 1. The van der Waals surface area contributed by atoms with Gasteiger partial charge in [0.15, 0.2) is 0 Å². The average Bonchev–Trinajstić information content (AvgIpc) is 2.16. The second kappa shape index (κ2) is 4.01. The number of nitrogens with zero attached hydrogens (tertiary/aromatic N) is 2. The second-order valence-electron chi connectivity index (χ2n) is 2.62. The molecule has 0 aliphatic carbocycles. The Morgan fingerprint density at radius 3 is 2.64 bits per heavy atom. The lowest BCUT2D eigenvalue weighted by atomic mass is 10.2. The van der Waals surface area contributed by atoms with E-state index in [1.807, 2.05) is 6.07 Å². The van der Waals surface area contributed by atoms with Crippen LogP contribution >= 0.6 is 0 Å². The predicted molar refractivity (Wildman–Crippen MR) is 45.2 cm³/mol. The zero-order valence-electron chi connectivity index (χ0n) is 7.71. The highest BCUT2D eigenvalue weighted by Crippen LogP contribution is 2.26. The smallest absolute Gasteiger partial charge is 0.280 e. The van der Waals surface area contributed by atoms with E-state index in [0.29, 0.717) is 0 Å². The van der Waals surface area contributed by atoms with Gasteiger partial charge in [0.2, 0.25) is 0 Å². The molecule has 0 amide bonds. The van der Waals surface area contributed by atoms with Crippen molar-refractivity contribution in [1.82, 2.24) is 4.98 Å². The van der Waals surface area contributed by atoms with Crippen molar-refractivity contribution in [1.29, 1.82) is 5.26 Å². The van der Waals surface area contributed by atoms with Crippen molar-refractivity contribution < 1.29 is 13.5 Å². The number of ether oxygens (including phenoxy) is 1. The number of hydrogen-bond donors (Lipinski definition) is 0. The number of methoxy groups -OCH3 is 1. The summed E-state index contributed by atoms with van der Waals surface area (Å²) in [7, 11) is 1.32. The van der Waals surface area contributed by atoms with E-state index >= 15 is 0 Å². The van der Waals surface area contributed by atoms with E-state index in [4.69, 9.17) is 10.00 Å². The second-order valence-corrected chi connectivity index (χ2v) is 2.62. The van der Waals surface area contributed by atoms with Crippen molar-refractivity contribution in [2.45, 2.75) is 13.3 Å². The molecule has 14 heavy (non-hydrogen) atoms. The molecule has 0 saturated carbocycles. The van der Waals surface area contributed by atoms with Crippen molar-refractivity contribution in [3.05, 3.63) is 23.0 Å². The molecule has 0 aliphatic heterocycles. The molecule has 0 atom stereocenters. The van der Waals surface area contributed by atoms with E-state index in [-0.39, 0.29) is 22.7 Å². The fraction of sp³-hybridized carbons (Fsp3) is 0.333. The van der Waals surface area contributed by atoms with Crippen LogP contribution in [-0.4, -0.2) is 12.1 Å². The molecule has 1 rings (SSSR count). The van der Waals surface area contributed by atoms with Crippen molar-refractivity contribution in [3.8, 4) is 11.8 Å². The summed E-state index contributed by atoms with van der Waals surface area (Å²) < 4.78 is 29.4. The van der Waals surface area contributed by atoms with Crippen LogP contribution in [0.3, 0.4) is 0 Å². The lowest BCUT2D eigenvalue weighted by Gasteiger charge is -2.07. The summed E-state index contributed by atoms with van der Waals surface area (Å²) in [6.07, 6.45) is -2.66. The van der Waals surface area contributed by atoms with Gasteiger partial charge in [-0.05, 0) is 6.92 Å². The molecule has 0 N–H and O–H groups in total. The van der Waals surface area contributed by atoms with Gasteiger partial charge in [-0.25, -0.2) is 8.78 Å². The number of pyridine rings is 1. The summed E-state index contributed by atoms with van der Waals surface area (Å²) in [5.41, 5.74) is 0.0670. The predicted octanol–water partition coefficient (Wildman–Crippen LogP) is 2.21. The van der Waals surface area contributed by atoms with Crippen LogP contribution in [0.4, 0.5) is 8.78 Å². The number of nitriles is 1. The van der Waals surface area contributed by atoms with E-state index in [2.05, 4.69) is 4.98 Å². The van der Waals surface area contributed by atoms with Gasteiger partial charge in [0.1, 0.15) is 23.1 Å². The van der Waals surface area contributed by atoms with E-state index in [0.717, 1.165) is 6.07 Å². The number of halogens is 2. The molecule has 1 aromatic rings. The van der Waals surface area contributed by atoms with Gasteiger partial charge in [0, 0.05) is 6.07 Å². The van der Waals surface area contributed by atoms with Gasteiger partial charge in [-0.1, -0.05) is 0 Å². The van der Waals surface area contributed by atoms with Crippen molar-refractivity contribution in [2.75, 3.05) is 7.11 Å². The van der Waals surface area contributed by atoms with Crippen LogP contribution in [0.5, 0.6) is 5.75 Å². The van der Waals surface area contributed by atoms with Crippen LogP contribution in [0.15, 0.2) is 6.07 Å². The maximum atomic E-state index is 12.3. The Labute approximate surface area is 79.9 Å². The van der Waals surface area contributed by atoms with Gasteiger partial charge >= 0.3 is 0 Å². The first-order valence-electron chi connectivity index (χ1n) is 3.84. The quantitative estimate of drug-likeness (QED) is 0.731. The van der Waals surface area contributed by atoms with E-state index < -0.39 is 6.43 Å². The largest absolute Gasteiger partial charge is 0.495 e. The molecule has 3 nitrogen and oxygen atoms in total. The number of rotatable bonds is 2. The van der Waals surface area contributed by atoms with Gasteiger partial charge in [-0.3, -0.25) is 4.98 Å². The molecule has 74 valence electrons.